The van der Waals surface area contributed by atoms with Crippen LogP contribution in [0.1, 0.15) is 54.6 Å². The molecule has 0 saturated heterocycles. The van der Waals surface area contributed by atoms with Crippen LogP contribution >= 0.6 is 0 Å². The summed E-state index contributed by atoms with van der Waals surface area (Å²) in [5.74, 6) is 0.172. The molecule has 29 heavy (non-hydrogen) atoms. The van der Waals surface area contributed by atoms with Crippen LogP contribution < -0.4 is 16.0 Å². The second-order valence-corrected chi connectivity index (χ2v) is 7.93. The van der Waals surface area contributed by atoms with Crippen LogP contribution in [0.5, 0.6) is 0 Å². The summed E-state index contributed by atoms with van der Waals surface area (Å²) >= 11 is 0. The highest BCUT2D eigenvalue weighted by atomic mass is 16.2. The molecule has 0 heterocycles. The number of benzene rings is 2. The number of amides is 3. The molecule has 0 aromatic heterocycles. The highest BCUT2D eigenvalue weighted by Crippen LogP contribution is 2.31. The first-order valence-corrected chi connectivity index (χ1v) is 10.1. The zero-order valence-corrected chi connectivity index (χ0v) is 16.4. The van der Waals surface area contributed by atoms with Crippen LogP contribution in [0.4, 0.5) is 11.4 Å². The molecule has 6 nitrogen and oxygen atoms in total. The quantitative estimate of drug-likeness (QED) is 0.669. The highest BCUT2D eigenvalue weighted by molar-refractivity contribution is 5.98. The fraction of sp³-hybridized carbons (Fsp3) is 0.348. The molecule has 2 fully saturated rings. The normalized spacial score (nSPS) is 16.6. The van der Waals surface area contributed by atoms with Gasteiger partial charge in [0, 0.05) is 28.8 Å². The summed E-state index contributed by atoms with van der Waals surface area (Å²) in [7, 11) is 0. The van der Waals surface area contributed by atoms with Gasteiger partial charge in [0.1, 0.15) is 0 Å². The SMILES string of the molecule is CC(NC(=O)c1cccc(NC(=O)C2CC2)c1)c1ccc(NC(=O)C2CC2)cc1. The molecule has 0 spiro atoms. The third-order valence-corrected chi connectivity index (χ3v) is 5.31. The molecular weight excluding hydrogens is 366 g/mol. The molecule has 0 aliphatic heterocycles. The average molecular weight is 391 g/mol. The Morgan fingerprint density at radius 1 is 0.828 bits per heavy atom. The zero-order valence-electron chi connectivity index (χ0n) is 16.4. The first-order chi connectivity index (χ1) is 14.0. The van der Waals surface area contributed by atoms with Crippen LogP contribution in [0.25, 0.3) is 0 Å². The van der Waals surface area contributed by atoms with Gasteiger partial charge in [0.15, 0.2) is 0 Å². The lowest BCUT2D eigenvalue weighted by Gasteiger charge is -2.16. The van der Waals surface area contributed by atoms with E-state index in [1.165, 1.54) is 0 Å². The number of hydrogen-bond donors (Lipinski definition) is 3. The van der Waals surface area contributed by atoms with Gasteiger partial charge in [0.05, 0.1) is 6.04 Å². The monoisotopic (exact) mass is 391 g/mol. The summed E-state index contributed by atoms with van der Waals surface area (Å²) in [4.78, 5) is 36.4. The Balaban J connectivity index is 1.34. The molecule has 2 aliphatic rings. The number of anilines is 2. The Kier molecular flexibility index (Phi) is 5.34. The van der Waals surface area contributed by atoms with Crippen LogP contribution in [-0.2, 0) is 9.59 Å². The predicted octanol–water partition coefficient (Wildman–Crippen LogP) is 3.87. The van der Waals surface area contributed by atoms with E-state index in [1.54, 1.807) is 24.3 Å². The van der Waals surface area contributed by atoms with Gasteiger partial charge in [-0.1, -0.05) is 18.2 Å². The molecule has 0 bridgehead atoms. The second-order valence-electron chi connectivity index (χ2n) is 7.93. The van der Waals surface area contributed by atoms with Crippen molar-refractivity contribution >= 4 is 29.1 Å². The molecule has 2 aromatic rings. The molecule has 0 radical (unpaired) electrons. The van der Waals surface area contributed by atoms with Crippen LogP contribution in [0.3, 0.4) is 0 Å². The Labute approximate surface area is 170 Å². The average Bonchev–Trinajstić information content (AvgIpc) is 3.60. The minimum absolute atomic E-state index is 0.0183. The molecule has 1 atom stereocenters. The fourth-order valence-corrected chi connectivity index (χ4v) is 3.14. The van der Waals surface area contributed by atoms with Gasteiger partial charge in [-0.2, -0.15) is 0 Å². The molecule has 2 aromatic carbocycles. The minimum Gasteiger partial charge on any atom is -0.346 e. The van der Waals surface area contributed by atoms with Crippen molar-refractivity contribution in [3.63, 3.8) is 0 Å². The van der Waals surface area contributed by atoms with E-state index in [0.29, 0.717) is 11.3 Å². The molecule has 150 valence electrons. The Hall–Kier alpha value is -3.15. The summed E-state index contributed by atoms with van der Waals surface area (Å²) in [6.45, 7) is 1.91. The van der Waals surface area contributed by atoms with E-state index in [0.717, 1.165) is 36.9 Å². The molecule has 1 unspecified atom stereocenters. The molecule has 2 saturated carbocycles. The van der Waals surface area contributed by atoms with Gasteiger partial charge in [-0.05, 0) is 68.5 Å². The van der Waals surface area contributed by atoms with E-state index < -0.39 is 0 Å². The van der Waals surface area contributed by atoms with Crippen molar-refractivity contribution < 1.29 is 14.4 Å². The smallest absolute Gasteiger partial charge is 0.251 e. The van der Waals surface area contributed by atoms with Crippen LogP contribution in [0.2, 0.25) is 0 Å². The maximum Gasteiger partial charge on any atom is 0.251 e. The summed E-state index contributed by atoms with van der Waals surface area (Å²) in [5.41, 5.74) is 2.85. The molecule has 6 heteroatoms. The lowest BCUT2D eigenvalue weighted by atomic mass is 10.1. The zero-order chi connectivity index (χ0) is 20.4. The van der Waals surface area contributed by atoms with E-state index in [2.05, 4.69) is 16.0 Å². The van der Waals surface area contributed by atoms with E-state index in [4.69, 9.17) is 0 Å². The summed E-state index contributed by atoms with van der Waals surface area (Å²) < 4.78 is 0. The van der Waals surface area contributed by atoms with Gasteiger partial charge in [-0.15, -0.1) is 0 Å². The Bertz CT molecular complexity index is 931. The maximum atomic E-state index is 12.6. The van der Waals surface area contributed by atoms with Crippen molar-refractivity contribution in [2.45, 2.75) is 38.6 Å². The summed E-state index contributed by atoms with van der Waals surface area (Å²) in [6.07, 6.45) is 3.82. The van der Waals surface area contributed by atoms with Gasteiger partial charge in [0.25, 0.3) is 5.91 Å². The van der Waals surface area contributed by atoms with Crippen molar-refractivity contribution in [3.8, 4) is 0 Å². The van der Waals surface area contributed by atoms with E-state index >= 15 is 0 Å². The van der Waals surface area contributed by atoms with Gasteiger partial charge >= 0.3 is 0 Å². The summed E-state index contributed by atoms with van der Waals surface area (Å²) in [6, 6.07) is 14.3. The van der Waals surface area contributed by atoms with Crippen molar-refractivity contribution in [2.75, 3.05) is 10.6 Å². The number of carbonyl (C=O) groups excluding carboxylic acids is 3. The van der Waals surface area contributed by atoms with Gasteiger partial charge in [-0.25, -0.2) is 0 Å². The van der Waals surface area contributed by atoms with E-state index in [1.807, 2.05) is 31.2 Å². The number of hydrogen-bond acceptors (Lipinski definition) is 3. The van der Waals surface area contributed by atoms with E-state index in [-0.39, 0.29) is 35.6 Å². The van der Waals surface area contributed by atoms with Gasteiger partial charge in [0.2, 0.25) is 11.8 Å². The Morgan fingerprint density at radius 3 is 2.00 bits per heavy atom. The van der Waals surface area contributed by atoms with Gasteiger partial charge < -0.3 is 16.0 Å². The predicted molar refractivity (Wildman–Crippen MR) is 111 cm³/mol. The molecule has 3 N–H and O–H groups in total. The maximum absolute atomic E-state index is 12.6. The van der Waals surface area contributed by atoms with Crippen molar-refractivity contribution in [2.24, 2.45) is 11.8 Å². The highest BCUT2D eigenvalue weighted by Gasteiger charge is 2.30. The first-order valence-electron chi connectivity index (χ1n) is 10.1. The standard InChI is InChI=1S/C23H25N3O3/c1-14(15-9-11-19(12-10-15)25-21(27)16-5-6-16)24-23(29)18-3-2-4-20(13-18)26-22(28)17-7-8-17/h2-4,9-14,16-17H,5-8H2,1H3,(H,24,29)(H,25,27)(H,26,28). The second kappa shape index (κ2) is 8.07. The van der Waals surface area contributed by atoms with Crippen molar-refractivity contribution in [1.82, 2.24) is 5.32 Å². The van der Waals surface area contributed by atoms with Crippen LogP contribution in [0.15, 0.2) is 48.5 Å². The number of carbonyl (C=O) groups is 3. The Morgan fingerprint density at radius 2 is 1.41 bits per heavy atom. The minimum atomic E-state index is -0.203. The lowest BCUT2D eigenvalue weighted by molar-refractivity contribution is -0.118. The third-order valence-electron chi connectivity index (χ3n) is 5.31. The summed E-state index contributed by atoms with van der Waals surface area (Å²) in [5, 5.41) is 8.75. The molecular formula is C23H25N3O3. The third kappa shape index (κ3) is 5.02. The first kappa shape index (κ1) is 19.2. The number of nitrogens with one attached hydrogen (secondary N) is 3. The molecule has 3 amide bonds. The molecule has 2 aliphatic carbocycles. The molecule has 4 rings (SSSR count). The van der Waals surface area contributed by atoms with Gasteiger partial charge in [-0.3, -0.25) is 14.4 Å². The largest absolute Gasteiger partial charge is 0.346 e. The van der Waals surface area contributed by atoms with Crippen LogP contribution in [0, 0.1) is 11.8 Å². The van der Waals surface area contributed by atoms with Crippen molar-refractivity contribution in [3.05, 3.63) is 59.7 Å². The number of rotatable bonds is 7. The topological polar surface area (TPSA) is 87.3 Å². The van der Waals surface area contributed by atoms with Crippen LogP contribution in [-0.4, -0.2) is 17.7 Å². The lowest BCUT2D eigenvalue weighted by Crippen LogP contribution is -2.26. The fourth-order valence-electron chi connectivity index (χ4n) is 3.14. The van der Waals surface area contributed by atoms with Crippen molar-refractivity contribution in [1.29, 1.82) is 0 Å². The van der Waals surface area contributed by atoms with E-state index in [9.17, 15) is 14.4 Å².